The van der Waals surface area contributed by atoms with Crippen molar-refractivity contribution < 1.29 is 0 Å². The lowest BCUT2D eigenvalue weighted by Gasteiger charge is -2.39. The second kappa shape index (κ2) is 8.89. The van der Waals surface area contributed by atoms with Gasteiger partial charge in [-0.3, -0.25) is 4.90 Å². The van der Waals surface area contributed by atoms with E-state index >= 15 is 0 Å². The van der Waals surface area contributed by atoms with Gasteiger partial charge in [-0.2, -0.15) is 0 Å². The summed E-state index contributed by atoms with van der Waals surface area (Å²) in [7, 11) is 0. The Hall–Kier alpha value is -2.20. The fourth-order valence-electron chi connectivity index (χ4n) is 5.19. The number of nitrogens with one attached hydrogen (secondary N) is 2. The Balaban J connectivity index is 1.22. The summed E-state index contributed by atoms with van der Waals surface area (Å²) < 4.78 is 0. The molecule has 2 fully saturated rings. The first kappa shape index (κ1) is 19.7. The first-order valence-corrected chi connectivity index (χ1v) is 11.9. The Morgan fingerprint density at radius 1 is 1.10 bits per heavy atom. The minimum atomic E-state index is 0.478. The SMILES string of the molecule is CC/C=C\C1=C(CN2CCC(C3Nc4ccccc4N3CC3CC3)CC2)C=CNC1. The quantitative estimate of drug-likeness (QED) is 0.687. The summed E-state index contributed by atoms with van der Waals surface area (Å²) in [5.74, 6) is 1.64. The van der Waals surface area contributed by atoms with Gasteiger partial charge in [0.05, 0.1) is 11.4 Å². The molecule has 4 aliphatic rings. The van der Waals surface area contributed by atoms with Crippen LogP contribution in [0.4, 0.5) is 11.4 Å². The largest absolute Gasteiger partial charge is 0.387 e. The van der Waals surface area contributed by atoms with E-state index in [4.69, 9.17) is 0 Å². The van der Waals surface area contributed by atoms with Gasteiger partial charge in [0, 0.05) is 25.6 Å². The molecule has 30 heavy (non-hydrogen) atoms. The standard InChI is InChI=1S/C26H36N4/c1-2-3-6-22-17-27-14-11-23(22)19-29-15-12-21(13-16-29)26-28-24-7-4-5-8-25(24)30(26)18-20-9-10-20/h3-8,11,14,20-21,26-28H,2,9-10,12-13,15-19H2,1H3/b6-3-. The van der Waals surface area contributed by atoms with Gasteiger partial charge in [0.1, 0.15) is 6.17 Å². The van der Waals surface area contributed by atoms with E-state index in [1.165, 1.54) is 67.8 Å². The van der Waals surface area contributed by atoms with Crippen LogP contribution in [0.1, 0.15) is 39.0 Å². The molecule has 0 bridgehead atoms. The Morgan fingerprint density at radius 2 is 1.93 bits per heavy atom. The first-order valence-electron chi connectivity index (χ1n) is 11.9. The molecule has 3 heterocycles. The lowest BCUT2D eigenvalue weighted by atomic mass is 9.92. The maximum absolute atomic E-state index is 3.88. The third-order valence-corrected chi connectivity index (χ3v) is 7.14. The predicted octanol–water partition coefficient (Wildman–Crippen LogP) is 4.75. The average Bonchev–Trinajstić information content (AvgIpc) is 3.54. The molecule has 1 saturated carbocycles. The van der Waals surface area contributed by atoms with Crippen LogP contribution in [-0.4, -0.2) is 43.8 Å². The Kier molecular flexibility index (Phi) is 5.85. The van der Waals surface area contributed by atoms with Gasteiger partial charge in [-0.1, -0.05) is 31.2 Å². The van der Waals surface area contributed by atoms with E-state index in [0.29, 0.717) is 6.17 Å². The van der Waals surface area contributed by atoms with Crippen molar-refractivity contribution >= 4 is 11.4 Å². The number of anilines is 2. The number of dihydropyridines is 1. The highest BCUT2D eigenvalue weighted by Gasteiger charge is 2.38. The van der Waals surface area contributed by atoms with Crippen molar-refractivity contribution in [2.24, 2.45) is 11.8 Å². The third-order valence-electron chi connectivity index (χ3n) is 7.14. The number of hydrogen-bond donors (Lipinski definition) is 2. The number of piperidine rings is 1. The van der Waals surface area contributed by atoms with Crippen molar-refractivity contribution in [3.05, 3.63) is 59.8 Å². The molecule has 1 aromatic rings. The molecule has 0 amide bonds. The van der Waals surface area contributed by atoms with Gasteiger partial charge in [0.25, 0.3) is 0 Å². The van der Waals surface area contributed by atoms with Crippen LogP contribution in [0.15, 0.2) is 59.8 Å². The number of nitrogens with zero attached hydrogens (tertiary/aromatic N) is 2. The van der Waals surface area contributed by atoms with Crippen LogP contribution in [0.25, 0.3) is 0 Å². The zero-order valence-electron chi connectivity index (χ0n) is 18.3. The molecule has 1 saturated heterocycles. The zero-order chi connectivity index (χ0) is 20.3. The van der Waals surface area contributed by atoms with Crippen LogP contribution in [0, 0.1) is 11.8 Å². The number of para-hydroxylation sites is 2. The summed E-state index contributed by atoms with van der Waals surface area (Å²) >= 11 is 0. The molecule has 1 unspecified atom stereocenters. The number of benzene rings is 1. The molecular weight excluding hydrogens is 368 g/mol. The number of likely N-dealkylation sites (tertiary alicyclic amines) is 1. The van der Waals surface area contributed by atoms with E-state index < -0.39 is 0 Å². The average molecular weight is 405 g/mol. The summed E-state index contributed by atoms with van der Waals surface area (Å²) in [4.78, 5) is 5.35. The van der Waals surface area contributed by atoms with E-state index in [1.54, 1.807) is 0 Å². The second-order valence-corrected chi connectivity index (χ2v) is 9.39. The molecular formula is C26H36N4. The van der Waals surface area contributed by atoms with E-state index in [9.17, 15) is 0 Å². The number of rotatable bonds is 7. The van der Waals surface area contributed by atoms with Gasteiger partial charge < -0.3 is 15.5 Å². The summed E-state index contributed by atoms with van der Waals surface area (Å²) in [6.45, 7) is 7.87. The maximum atomic E-state index is 3.88. The van der Waals surface area contributed by atoms with Gasteiger partial charge in [-0.15, -0.1) is 0 Å². The molecule has 4 heteroatoms. The molecule has 3 aliphatic heterocycles. The van der Waals surface area contributed by atoms with Crippen molar-refractivity contribution in [3.8, 4) is 0 Å². The van der Waals surface area contributed by atoms with Crippen molar-refractivity contribution in [3.63, 3.8) is 0 Å². The number of fused-ring (bicyclic) bond motifs is 1. The molecule has 1 aromatic carbocycles. The molecule has 1 aliphatic carbocycles. The van der Waals surface area contributed by atoms with Gasteiger partial charge in [0.2, 0.25) is 0 Å². The van der Waals surface area contributed by atoms with Gasteiger partial charge in [-0.05, 0) is 86.7 Å². The molecule has 2 N–H and O–H groups in total. The van der Waals surface area contributed by atoms with Crippen molar-refractivity contribution in [1.29, 1.82) is 0 Å². The normalized spacial score (nSPS) is 25.0. The topological polar surface area (TPSA) is 30.5 Å². The molecule has 4 nitrogen and oxygen atoms in total. The highest BCUT2D eigenvalue weighted by molar-refractivity contribution is 5.76. The Labute approximate surface area is 181 Å². The van der Waals surface area contributed by atoms with E-state index in [-0.39, 0.29) is 0 Å². The van der Waals surface area contributed by atoms with Crippen molar-refractivity contribution in [2.45, 2.75) is 45.2 Å². The Bertz CT molecular complexity index is 827. The minimum Gasteiger partial charge on any atom is -0.387 e. The predicted molar refractivity (Wildman–Crippen MR) is 127 cm³/mol. The first-order chi connectivity index (χ1) is 14.8. The van der Waals surface area contributed by atoms with E-state index in [2.05, 4.69) is 76.1 Å². The van der Waals surface area contributed by atoms with Crippen molar-refractivity contribution in [1.82, 2.24) is 10.2 Å². The highest BCUT2D eigenvalue weighted by Crippen LogP contribution is 2.42. The zero-order valence-corrected chi connectivity index (χ0v) is 18.3. The van der Waals surface area contributed by atoms with Crippen LogP contribution < -0.4 is 15.5 Å². The lowest BCUT2D eigenvalue weighted by Crippen LogP contribution is -2.47. The highest BCUT2D eigenvalue weighted by atomic mass is 15.3. The molecule has 1 atom stereocenters. The van der Waals surface area contributed by atoms with Crippen molar-refractivity contribution in [2.75, 3.05) is 42.9 Å². The summed E-state index contributed by atoms with van der Waals surface area (Å²) in [6.07, 6.45) is 15.9. The monoisotopic (exact) mass is 404 g/mol. The van der Waals surface area contributed by atoms with E-state index in [0.717, 1.165) is 31.3 Å². The fraction of sp³-hybridized carbons (Fsp3) is 0.538. The van der Waals surface area contributed by atoms with Gasteiger partial charge in [-0.25, -0.2) is 0 Å². The summed E-state index contributed by atoms with van der Waals surface area (Å²) in [6, 6.07) is 8.92. The minimum absolute atomic E-state index is 0.478. The van der Waals surface area contributed by atoms with E-state index in [1.807, 2.05) is 0 Å². The van der Waals surface area contributed by atoms with Crippen LogP contribution in [0.2, 0.25) is 0 Å². The number of hydrogen-bond acceptors (Lipinski definition) is 4. The van der Waals surface area contributed by atoms with Gasteiger partial charge >= 0.3 is 0 Å². The van der Waals surface area contributed by atoms with Crippen LogP contribution in [-0.2, 0) is 0 Å². The van der Waals surface area contributed by atoms with Crippen LogP contribution in [0.3, 0.4) is 0 Å². The fourth-order valence-corrected chi connectivity index (χ4v) is 5.19. The molecule has 0 radical (unpaired) electrons. The van der Waals surface area contributed by atoms with Crippen LogP contribution >= 0.6 is 0 Å². The molecule has 160 valence electrons. The lowest BCUT2D eigenvalue weighted by molar-refractivity contribution is 0.184. The molecule has 0 aromatic heterocycles. The smallest absolute Gasteiger partial charge is 0.102 e. The molecule has 0 spiro atoms. The second-order valence-electron chi connectivity index (χ2n) is 9.39. The van der Waals surface area contributed by atoms with Crippen LogP contribution in [0.5, 0.6) is 0 Å². The summed E-state index contributed by atoms with van der Waals surface area (Å²) in [5, 5.41) is 7.25. The van der Waals surface area contributed by atoms with Gasteiger partial charge in [0.15, 0.2) is 0 Å². The maximum Gasteiger partial charge on any atom is 0.102 e. The molecule has 5 rings (SSSR count). The summed E-state index contributed by atoms with van der Waals surface area (Å²) in [5.41, 5.74) is 5.70. The third kappa shape index (κ3) is 4.29. The number of allylic oxidation sites excluding steroid dienone is 1. The Morgan fingerprint density at radius 3 is 2.73 bits per heavy atom.